The van der Waals surface area contributed by atoms with Crippen LogP contribution in [0.1, 0.15) is 103 Å². The second-order valence-electron chi connectivity index (χ2n) is 6.10. The van der Waals surface area contributed by atoms with Crippen LogP contribution in [0.4, 0.5) is 0 Å². The van der Waals surface area contributed by atoms with Crippen LogP contribution in [0.15, 0.2) is 0 Å². The number of hydrogen-bond donors (Lipinski definition) is 2. The quantitative estimate of drug-likeness (QED) is 0.244. The van der Waals surface area contributed by atoms with Crippen molar-refractivity contribution in [3.63, 3.8) is 0 Å². The van der Waals surface area contributed by atoms with Gasteiger partial charge in [0.1, 0.15) is 0 Å². The van der Waals surface area contributed by atoms with Crippen LogP contribution in [-0.2, 0) is 0 Å². The largest absolute Gasteiger partial charge is 0.396 e. The normalized spacial score (nSPS) is 11.1. The summed E-state index contributed by atoms with van der Waals surface area (Å²) >= 11 is 4.24. The summed E-state index contributed by atoms with van der Waals surface area (Å²) in [5, 5.41) is 8.68. The van der Waals surface area contributed by atoms with Gasteiger partial charge in [0.2, 0.25) is 0 Å². The van der Waals surface area contributed by atoms with Crippen LogP contribution in [-0.4, -0.2) is 17.5 Å². The summed E-state index contributed by atoms with van der Waals surface area (Å²) in [4.78, 5) is 0. The minimum Gasteiger partial charge on any atom is -0.396 e. The van der Waals surface area contributed by atoms with Gasteiger partial charge in [-0.2, -0.15) is 12.6 Å². The van der Waals surface area contributed by atoms with E-state index in [1.165, 1.54) is 96.3 Å². The van der Waals surface area contributed by atoms with Gasteiger partial charge in [-0.15, -0.1) is 0 Å². The van der Waals surface area contributed by atoms with Gasteiger partial charge in [0.15, 0.2) is 0 Å². The molecule has 0 radical (unpaired) electrons. The lowest BCUT2D eigenvalue weighted by molar-refractivity contribution is 0.282. The zero-order chi connectivity index (χ0) is 14.7. The molecule has 0 bridgehead atoms. The Labute approximate surface area is 133 Å². The molecule has 0 aromatic rings. The van der Waals surface area contributed by atoms with Crippen LogP contribution in [0.5, 0.6) is 0 Å². The van der Waals surface area contributed by atoms with Crippen LogP contribution in [0.25, 0.3) is 0 Å². The first-order chi connectivity index (χ1) is 9.91. The predicted octanol–water partition coefficient (Wildman–Crippen LogP) is 6.15. The first-order valence-corrected chi connectivity index (χ1v) is 9.76. The Bertz CT molecular complexity index is 143. The molecule has 0 aliphatic carbocycles. The summed E-state index contributed by atoms with van der Waals surface area (Å²) < 4.78 is 0. The van der Waals surface area contributed by atoms with Gasteiger partial charge in [-0.05, 0) is 18.6 Å². The zero-order valence-electron chi connectivity index (χ0n) is 13.6. The van der Waals surface area contributed by atoms with E-state index in [1.807, 2.05) is 0 Å². The van der Waals surface area contributed by atoms with Gasteiger partial charge in [0.05, 0.1) is 0 Å². The molecule has 2 heteroatoms. The van der Waals surface area contributed by atoms with Gasteiger partial charge in [-0.3, -0.25) is 0 Å². The minimum atomic E-state index is 0.370. The summed E-state index contributed by atoms with van der Waals surface area (Å²) in [7, 11) is 0. The SMILES string of the molecule is OCCCCCCCCCCCCCCCCCCS. The maximum absolute atomic E-state index is 8.68. The van der Waals surface area contributed by atoms with Gasteiger partial charge in [-0.25, -0.2) is 0 Å². The van der Waals surface area contributed by atoms with Crippen molar-refractivity contribution < 1.29 is 5.11 Å². The highest BCUT2D eigenvalue weighted by atomic mass is 32.1. The average molecular weight is 303 g/mol. The molecule has 0 aliphatic heterocycles. The predicted molar refractivity (Wildman–Crippen MR) is 94.8 cm³/mol. The molecule has 0 atom stereocenters. The molecule has 0 aliphatic rings. The van der Waals surface area contributed by atoms with E-state index >= 15 is 0 Å². The number of thiol groups is 1. The Kier molecular flexibility index (Phi) is 19.6. The number of aliphatic hydroxyl groups excluding tert-OH is 1. The lowest BCUT2D eigenvalue weighted by Gasteiger charge is -2.03. The Morgan fingerprint density at radius 2 is 0.650 bits per heavy atom. The molecule has 1 N–H and O–H groups in total. The molecule has 0 fully saturated rings. The maximum Gasteiger partial charge on any atom is 0.0431 e. The fourth-order valence-corrected chi connectivity index (χ4v) is 2.92. The summed E-state index contributed by atoms with van der Waals surface area (Å²) in [6.07, 6.45) is 21.9. The van der Waals surface area contributed by atoms with E-state index in [-0.39, 0.29) is 0 Å². The monoisotopic (exact) mass is 302 g/mol. The zero-order valence-corrected chi connectivity index (χ0v) is 14.5. The molecule has 20 heavy (non-hydrogen) atoms. The van der Waals surface area contributed by atoms with Gasteiger partial charge in [0, 0.05) is 6.61 Å². The summed E-state index contributed by atoms with van der Waals surface area (Å²) in [6, 6.07) is 0. The highest BCUT2D eigenvalue weighted by Gasteiger charge is 1.94. The topological polar surface area (TPSA) is 20.2 Å². The lowest BCUT2D eigenvalue weighted by atomic mass is 10.0. The smallest absolute Gasteiger partial charge is 0.0431 e. The Morgan fingerprint density at radius 1 is 0.400 bits per heavy atom. The van der Waals surface area contributed by atoms with Gasteiger partial charge in [-0.1, -0.05) is 89.9 Å². The van der Waals surface area contributed by atoms with Crippen molar-refractivity contribution in [2.24, 2.45) is 0 Å². The van der Waals surface area contributed by atoms with E-state index in [0.717, 1.165) is 12.2 Å². The van der Waals surface area contributed by atoms with Crippen LogP contribution in [0.3, 0.4) is 0 Å². The van der Waals surface area contributed by atoms with E-state index < -0.39 is 0 Å². The van der Waals surface area contributed by atoms with Crippen molar-refractivity contribution in [2.45, 2.75) is 103 Å². The summed E-state index contributed by atoms with van der Waals surface area (Å²) in [6.45, 7) is 0.370. The standard InChI is InChI=1S/C18H38OS/c19-17-15-13-11-9-7-5-3-1-2-4-6-8-10-12-14-16-18-20/h19-20H,1-18H2. The van der Waals surface area contributed by atoms with Crippen molar-refractivity contribution in [1.29, 1.82) is 0 Å². The van der Waals surface area contributed by atoms with Crippen LogP contribution >= 0.6 is 12.6 Å². The molecule has 0 unspecified atom stereocenters. The van der Waals surface area contributed by atoms with Gasteiger partial charge in [0.25, 0.3) is 0 Å². The Morgan fingerprint density at radius 3 is 0.900 bits per heavy atom. The van der Waals surface area contributed by atoms with Crippen molar-refractivity contribution in [1.82, 2.24) is 0 Å². The molecular formula is C18H38OS. The van der Waals surface area contributed by atoms with Crippen LogP contribution in [0, 0.1) is 0 Å². The van der Waals surface area contributed by atoms with Crippen molar-refractivity contribution in [3.05, 3.63) is 0 Å². The van der Waals surface area contributed by atoms with Crippen molar-refractivity contribution in [3.8, 4) is 0 Å². The van der Waals surface area contributed by atoms with Crippen LogP contribution in [0.2, 0.25) is 0 Å². The molecule has 1 nitrogen and oxygen atoms in total. The lowest BCUT2D eigenvalue weighted by Crippen LogP contribution is -1.85. The second kappa shape index (κ2) is 19.3. The summed E-state index contributed by atoms with van der Waals surface area (Å²) in [5.41, 5.74) is 0. The third-order valence-corrected chi connectivity index (χ3v) is 4.38. The van der Waals surface area contributed by atoms with E-state index in [9.17, 15) is 0 Å². The molecule has 0 aromatic heterocycles. The molecule has 122 valence electrons. The molecule has 0 aromatic carbocycles. The number of hydrogen-bond acceptors (Lipinski definition) is 2. The summed E-state index contributed by atoms with van der Waals surface area (Å²) in [5.74, 6) is 1.06. The highest BCUT2D eigenvalue weighted by Crippen LogP contribution is 2.13. The van der Waals surface area contributed by atoms with Gasteiger partial charge >= 0.3 is 0 Å². The second-order valence-corrected chi connectivity index (χ2v) is 6.55. The molecule has 0 spiro atoms. The molecule has 0 saturated heterocycles. The number of rotatable bonds is 17. The third-order valence-electron chi connectivity index (χ3n) is 4.07. The fourth-order valence-electron chi connectivity index (χ4n) is 2.70. The Balaban J connectivity index is 2.89. The van der Waals surface area contributed by atoms with Gasteiger partial charge < -0.3 is 5.11 Å². The molecule has 0 amide bonds. The molecular weight excluding hydrogens is 264 g/mol. The average Bonchev–Trinajstić information content (AvgIpc) is 2.47. The van der Waals surface area contributed by atoms with Crippen LogP contribution < -0.4 is 0 Å². The Hall–Kier alpha value is 0.310. The first kappa shape index (κ1) is 20.3. The maximum atomic E-state index is 8.68. The number of unbranched alkanes of at least 4 members (excludes halogenated alkanes) is 15. The fraction of sp³-hybridized carbons (Fsp3) is 1.00. The highest BCUT2D eigenvalue weighted by molar-refractivity contribution is 7.80. The molecule has 0 saturated carbocycles. The number of aliphatic hydroxyl groups is 1. The van der Waals surface area contributed by atoms with E-state index in [4.69, 9.17) is 5.11 Å². The molecule has 0 rings (SSSR count). The van der Waals surface area contributed by atoms with E-state index in [0.29, 0.717) is 6.61 Å². The van der Waals surface area contributed by atoms with Crippen molar-refractivity contribution >= 4 is 12.6 Å². The van der Waals surface area contributed by atoms with Crippen molar-refractivity contribution in [2.75, 3.05) is 12.4 Å². The van der Waals surface area contributed by atoms with E-state index in [2.05, 4.69) is 12.6 Å². The third kappa shape index (κ3) is 18.3. The van der Waals surface area contributed by atoms with E-state index in [1.54, 1.807) is 0 Å². The minimum absolute atomic E-state index is 0.370. The molecule has 0 heterocycles. The first-order valence-electron chi connectivity index (χ1n) is 9.13.